The van der Waals surface area contributed by atoms with E-state index in [4.69, 9.17) is 4.98 Å². The van der Waals surface area contributed by atoms with Gasteiger partial charge < -0.3 is 17.0 Å². The summed E-state index contributed by atoms with van der Waals surface area (Å²) >= 11 is 0. The van der Waals surface area contributed by atoms with Crippen LogP contribution in [0.1, 0.15) is 10.4 Å². The molecule has 5 aromatic rings. The first-order valence-corrected chi connectivity index (χ1v) is 9.65. The standard InChI is InChI=1S/C26H19N2O.BrH/c29-26(20-9-2-1-3-10-20)18-28-17-22(16-21-11-5-7-13-25(21)28)24-15-14-19-8-4-6-12-23(19)27-24;/h1-17H,18H2;1H/q+1;/p-1. The Bertz CT molecular complexity index is 1350. The van der Waals surface area contributed by atoms with E-state index < -0.39 is 0 Å². The molecule has 2 aromatic heterocycles. The lowest BCUT2D eigenvalue weighted by molar-refractivity contribution is -0.656. The predicted octanol–water partition coefficient (Wildman–Crippen LogP) is 2.23. The number of Topliss-reactive ketones (excluding diaryl/α,β-unsaturated/α-hetero) is 1. The Hall–Kier alpha value is -3.37. The highest BCUT2D eigenvalue weighted by Crippen LogP contribution is 2.23. The molecule has 0 bridgehead atoms. The molecule has 0 radical (unpaired) electrons. The van der Waals surface area contributed by atoms with Gasteiger partial charge in [-0.2, -0.15) is 4.57 Å². The lowest BCUT2D eigenvalue weighted by Gasteiger charge is -2.06. The zero-order valence-electron chi connectivity index (χ0n) is 16.2. The van der Waals surface area contributed by atoms with Gasteiger partial charge in [-0.1, -0.05) is 66.7 Å². The molecule has 0 amide bonds. The second kappa shape index (κ2) is 8.56. The number of carbonyl (C=O) groups is 1. The molecule has 0 aliphatic rings. The fourth-order valence-corrected chi connectivity index (χ4v) is 3.68. The number of fused-ring (bicyclic) bond motifs is 2. The van der Waals surface area contributed by atoms with Crippen molar-refractivity contribution in [3.8, 4) is 11.3 Å². The van der Waals surface area contributed by atoms with Gasteiger partial charge in [0.15, 0.2) is 6.20 Å². The second-order valence-corrected chi connectivity index (χ2v) is 7.09. The zero-order chi connectivity index (χ0) is 19.6. The van der Waals surface area contributed by atoms with E-state index in [9.17, 15) is 4.79 Å². The van der Waals surface area contributed by atoms with Crippen LogP contribution >= 0.6 is 0 Å². The summed E-state index contributed by atoms with van der Waals surface area (Å²) in [5.41, 5.74) is 4.61. The lowest BCUT2D eigenvalue weighted by atomic mass is 10.1. The monoisotopic (exact) mass is 454 g/mol. The third-order valence-corrected chi connectivity index (χ3v) is 5.16. The molecule has 146 valence electrons. The van der Waals surface area contributed by atoms with E-state index in [0.717, 1.165) is 38.6 Å². The SMILES string of the molecule is O=C(C[n+]1cc(-c2ccc3ccccc3n2)cc2ccccc21)c1ccccc1.[Br-]. The number of carbonyl (C=O) groups excluding carboxylic acids is 1. The summed E-state index contributed by atoms with van der Waals surface area (Å²) in [4.78, 5) is 17.7. The Balaban J connectivity index is 0.00000218. The first-order valence-electron chi connectivity index (χ1n) is 9.65. The lowest BCUT2D eigenvalue weighted by Crippen LogP contribution is -3.00. The normalized spacial score (nSPS) is 10.7. The fraction of sp³-hybridized carbons (Fsp3) is 0.0385. The number of ketones is 1. The topological polar surface area (TPSA) is 33.8 Å². The van der Waals surface area contributed by atoms with E-state index in [1.165, 1.54) is 0 Å². The summed E-state index contributed by atoms with van der Waals surface area (Å²) in [6, 6.07) is 31.9. The summed E-state index contributed by atoms with van der Waals surface area (Å²) < 4.78 is 2.02. The quantitative estimate of drug-likeness (QED) is 0.308. The number of hydrogen-bond acceptors (Lipinski definition) is 2. The number of para-hydroxylation sites is 2. The van der Waals surface area contributed by atoms with E-state index in [0.29, 0.717) is 0 Å². The molecule has 2 heterocycles. The molecule has 5 rings (SSSR count). The van der Waals surface area contributed by atoms with Crippen molar-refractivity contribution < 1.29 is 26.3 Å². The summed E-state index contributed by atoms with van der Waals surface area (Å²) in [6.45, 7) is 0.284. The molecule has 0 aliphatic heterocycles. The van der Waals surface area contributed by atoms with Crippen LogP contribution in [0.25, 0.3) is 33.1 Å². The van der Waals surface area contributed by atoms with E-state index >= 15 is 0 Å². The maximum absolute atomic E-state index is 12.8. The molecule has 0 N–H and O–H groups in total. The summed E-state index contributed by atoms with van der Waals surface area (Å²) in [5, 5.41) is 2.20. The van der Waals surface area contributed by atoms with E-state index in [1.54, 1.807) is 0 Å². The zero-order valence-corrected chi connectivity index (χ0v) is 17.8. The number of halogens is 1. The Morgan fingerprint density at radius 3 is 2.30 bits per heavy atom. The average molecular weight is 455 g/mol. The van der Waals surface area contributed by atoms with Gasteiger partial charge in [-0.05, 0) is 24.3 Å². The van der Waals surface area contributed by atoms with E-state index in [2.05, 4.69) is 24.3 Å². The Kier molecular flexibility index (Phi) is 5.68. The van der Waals surface area contributed by atoms with E-state index in [-0.39, 0.29) is 29.3 Å². The van der Waals surface area contributed by atoms with Crippen molar-refractivity contribution in [1.82, 2.24) is 4.98 Å². The number of aromatic nitrogens is 2. The van der Waals surface area contributed by atoms with Crippen LogP contribution in [-0.2, 0) is 6.54 Å². The van der Waals surface area contributed by atoms with Crippen LogP contribution in [0.5, 0.6) is 0 Å². The smallest absolute Gasteiger partial charge is 0.227 e. The molecule has 0 fully saturated rings. The van der Waals surface area contributed by atoms with Gasteiger partial charge in [-0.25, -0.2) is 4.98 Å². The molecule has 0 saturated heterocycles. The fourth-order valence-electron chi connectivity index (χ4n) is 3.68. The van der Waals surface area contributed by atoms with Crippen LogP contribution in [0, 0.1) is 0 Å². The van der Waals surface area contributed by atoms with Crippen LogP contribution in [-0.4, -0.2) is 10.8 Å². The predicted molar refractivity (Wildman–Crippen MR) is 116 cm³/mol. The minimum absolute atomic E-state index is 0. The first-order chi connectivity index (χ1) is 14.3. The van der Waals surface area contributed by atoms with Gasteiger partial charge in [0.25, 0.3) is 0 Å². The molecule has 3 nitrogen and oxygen atoms in total. The van der Waals surface area contributed by atoms with Crippen molar-refractivity contribution in [2.24, 2.45) is 0 Å². The number of rotatable bonds is 4. The Labute approximate surface area is 185 Å². The maximum atomic E-state index is 12.8. The molecule has 0 atom stereocenters. The van der Waals surface area contributed by atoms with Gasteiger partial charge in [0.05, 0.1) is 16.8 Å². The van der Waals surface area contributed by atoms with Crippen LogP contribution in [0.4, 0.5) is 0 Å². The van der Waals surface area contributed by atoms with Crippen LogP contribution in [0.15, 0.2) is 103 Å². The molecule has 30 heavy (non-hydrogen) atoms. The second-order valence-electron chi connectivity index (χ2n) is 7.09. The van der Waals surface area contributed by atoms with Gasteiger partial charge >= 0.3 is 0 Å². The molecular weight excluding hydrogens is 436 g/mol. The molecule has 3 aromatic carbocycles. The van der Waals surface area contributed by atoms with Crippen molar-refractivity contribution in [3.63, 3.8) is 0 Å². The molecule has 0 spiro atoms. The Morgan fingerprint density at radius 2 is 1.47 bits per heavy atom. The largest absolute Gasteiger partial charge is 1.00 e. The van der Waals surface area contributed by atoms with Gasteiger partial charge in [0.1, 0.15) is 0 Å². The van der Waals surface area contributed by atoms with Crippen molar-refractivity contribution in [3.05, 3.63) is 109 Å². The summed E-state index contributed by atoms with van der Waals surface area (Å²) in [7, 11) is 0. The molecular formula is C26H19BrN2O. The average Bonchev–Trinajstić information content (AvgIpc) is 2.79. The minimum atomic E-state index is 0. The van der Waals surface area contributed by atoms with Gasteiger partial charge in [-0.15, -0.1) is 0 Å². The third-order valence-electron chi connectivity index (χ3n) is 5.16. The number of hydrogen-bond donors (Lipinski definition) is 0. The van der Waals surface area contributed by atoms with E-state index in [1.807, 2.05) is 83.6 Å². The highest BCUT2D eigenvalue weighted by atomic mass is 79.9. The first kappa shape index (κ1) is 19.9. The van der Waals surface area contributed by atoms with Crippen LogP contribution in [0.3, 0.4) is 0 Å². The Morgan fingerprint density at radius 1 is 0.767 bits per heavy atom. The highest BCUT2D eigenvalue weighted by Gasteiger charge is 2.18. The molecule has 0 saturated carbocycles. The molecule has 4 heteroatoms. The minimum Gasteiger partial charge on any atom is -1.00 e. The van der Waals surface area contributed by atoms with Crippen molar-refractivity contribution in [2.75, 3.05) is 0 Å². The molecule has 0 aliphatic carbocycles. The summed E-state index contributed by atoms with van der Waals surface area (Å²) in [5.74, 6) is 0.0874. The van der Waals surface area contributed by atoms with Crippen LogP contribution in [0.2, 0.25) is 0 Å². The van der Waals surface area contributed by atoms with Gasteiger partial charge in [-0.3, -0.25) is 4.79 Å². The van der Waals surface area contributed by atoms with Crippen molar-refractivity contribution in [2.45, 2.75) is 6.54 Å². The van der Waals surface area contributed by atoms with Crippen LogP contribution < -0.4 is 21.5 Å². The highest BCUT2D eigenvalue weighted by molar-refractivity contribution is 5.95. The number of benzene rings is 3. The number of nitrogens with zero attached hydrogens (tertiary/aromatic N) is 2. The molecule has 0 unspecified atom stereocenters. The summed E-state index contributed by atoms with van der Waals surface area (Å²) in [6.07, 6.45) is 2.03. The maximum Gasteiger partial charge on any atom is 0.227 e. The number of pyridine rings is 2. The third kappa shape index (κ3) is 3.87. The van der Waals surface area contributed by atoms with Gasteiger partial charge in [0, 0.05) is 22.4 Å². The van der Waals surface area contributed by atoms with Crippen molar-refractivity contribution >= 4 is 27.6 Å². The van der Waals surface area contributed by atoms with Gasteiger partial charge in [0.2, 0.25) is 17.8 Å². The van der Waals surface area contributed by atoms with Crippen molar-refractivity contribution in [1.29, 1.82) is 0 Å².